The zero-order chi connectivity index (χ0) is 19.2. The molecule has 0 spiro atoms. The maximum Gasteiger partial charge on any atom is 0.250 e. The number of pyridine rings is 1. The molecule has 1 N–H and O–H groups in total. The first-order chi connectivity index (χ1) is 13.8. The van der Waals surface area contributed by atoms with Crippen LogP contribution in [0.1, 0.15) is 36.8 Å². The van der Waals surface area contributed by atoms with Crippen LogP contribution in [0.2, 0.25) is 0 Å². The molecule has 28 heavy (non-hydrogen) atoms. The quantitative estimate of drug-likeness (QED) is 0.594. The molecule has 1 heterocycles. The summed E-state index contributed by atoms with van der Waals surface area (Å²) in [7, 11) is 0. The van der Waals surface area contributed by atoms with Crippen LogP contribution in [0.15, 0.2) is 85.1 Å². The summed E-state index contributed by atoms with van der Waals surface area (Å²) in [5.74, 6) is 0.538. The van der Waals surface area contributed by atoms with Crippen LogP contribution in [0, 0.1) is 0 Å². The molecule has 3 aromatic rings. The van der Waals surface area contributed by atoms with Crippen molar-refractivity contribution in [3.05, 3.63) is 96.2 Å². The van der Waals surface area contributed by atoms with E-state index in [4.69, 9.17) is 0 Å². The van der Waals surface area contributed by atoms with Crippen molar-refractivity contribution in [1.82, 2.24) is 4.98 Å². The van der Waals surface area contributed by atoms with Gasteiger partial charge in [-0.05, 0) is 36.1 Å². The summed E-state index contributed by atoms with van der Waals surface area (Å²) in [6.45, 7) is 0. The van der Waals surface area contributed by atoms with E-state index in [0.29, 0.717) is 11.1 Å². The van der Waals surface area contributed by atoms with E-state index >= 15 is 0 Å². The Morgan fingerprint density at radius 1 is 0.857 bits per heavy atom. The van der Waals surface area contributed by atoms with Gasteiger partial charge >= 0.3 is 0 Å². The molecule has 142 valence electrons. The van der Waals surface area contributed by atoms with Crippen molar-refractivity contribution in [3.8, 4) is 0 Å². The van der Waals surface area contributed by atoms with E-state index in [1.165, 1.54) is 12.8 Å². The molecule has 1 aliphatic rings. The second-order valence-corrected chi connectivity index (χ2v) is 8.62. The third-order valence-electron chi connectivity index (χ3n) is 5.23. The molecule has 3 nitrogen and oxygen atoms in total. The third-order valence-corrected chi connectivity index (χ3v) is 7.05. The number of nitrogens with zero attached hydrogens (tertiary/aromatic N) is 1. The Bertz CT molecular complexity index is 854. The number of hydrogen-bond acceptors (Lipinski definition) is 3. The highest BCUT2D eigenvalue weighted by molar-refractivity contribution is 8.01. The first kappa shape index (κ1) is 18.8. The van der Waals surface area contributed by atoms with Crippen molar-refractivity contribution < 1.29 is 4.79 Å². The van der Waals surface area contributed by atoms with E-state index in [1.54, 1.807) is 18.0 Å². The van der Waals surface area contributed by atoms with Crippen molar-refractivity contribution in [1.29, 1.82) is 0 Å². The Balaban J connectivity index is 1.82. The van der Waals surface area contributed by atoms with Crippen LogP contribution in [-0.2, 0) is 9.54 Å². The van der Waals surface area contributed by atoms with Crippen LogP contribution < -0.4 is 5.32 Å². The molecular formula is C24H24N2OS. The summed E-state index contributed by atoms with van der Waals surface area (Å²) >= 11 is 1.79. The number of amides is 1. The molecule has 0 saturated heterocycles. The Morgan fingerprint density at radius 3 is 1.96 bits per heavy atom. The molecule has 0 unspecified atom stereocenters. The average Bonchev–Trinajstić information content (AvgIpc) is 3.27. The predicted molar refractivity (Wildman–Crippen MR) is 116 cm³/mol. The fraction of sp³-hybridized carbons (Fsp3) is 0.250. The van der Waals surface area contributed by atoms with Gasteiger partial charge in [0.2, 0.25) is 0 Å². The molecule has 0 bridgehead atoms. The van der Waals surface area contributed by atoms with Crippen molar-refractivity contribution in [2.75, 3.05) is 5.32 Å². The van der Waals surface area contributed by atoms with E-state index in [0.717, 1.165) is 24.0 Å². The van der Waals surface area contributed by atoms with Crippen LogP contribution in [0.25, 0.3) is 0 Å². The van der Waals surface area contributed by atoms with Gasteiger partial charge in [0.1, 0.15) is 10.6 Å². The summed E-state index contributed by atoms with van der Waals surface area (Å²) in [4.78, 5) is 18.2. The summed E-state index contributed by atoms with van der Waals surface area (Å²) in [5, 5.41) is 3.55. The molecule has 1 aromatic heterocycles. The molecule has 0 atom stereocenters. The van der Waals surface area contributed by atoms with E-state index in [1.807, 2.05) is 54.6 Å². The van der Waals surface area contributed by atoms with Gasteiger partial charge in [-0.2, -0.15) is 0 Å². The number of benzene rings is 2. The van der Waals surface area contributed by atoms with Gasteiger partial charge < -0.3 is 5.32 Å². The molecule has 0 aliphatic heterocycles. The molecule has 4 heteroatoms. The molecule has 1 aliphatic carbocycles. The first-order valence-corrected chi connectivity index (χ1v) is 10.7. The smallest absolute Gasteiger partial charge is 0.250 e. The normalized spacial score (nSPS) is 14.7. The third kappa shape index (κ3) is 3.83. The van der Waals surface area contributed by atoms with Crippen molar-refractivity contribution in [2.45, 2.75) is 35.7 Å². The number of aromatic nitrogens is 1. The van der Waals surface area contributed by atoms with Crippen LogP contribution >= 0.6 is 11.8 Å². The second-order valence-electron chi connectivity index (χ2n) is 7.11. The fourth-order valence-corrected chi connectivity index (χ4v) is 5.63. The van der Waals surface area contributed by atoms with Gasteiger partial charge in [0, 0.05) is 11.4 Å². The van der Waals surface area contributed by atoms with Gasteiger partial charge in [-0.3, -0.25) is 4.79 Å². The van der Waals surface area contributed by atoms with E-state index in [-0.39, 0.29) is 5.91 Å². The van der Waals surface area contributed by atoms with Gasteiger partial charge in [-0.1, -0.05) is 79.6 Å². The molecular weight excluding hydrogens is 364 g/mol. The van der Waals surface area contributed by atoms with Gasteiger partial charge in [-0.15, -0.1) is 11.8 Å². The lowest BCUT2D eigenvalue weighted by molar-refractivity contribution is -0.117. The van der Waals surface area contributed by atoms with Crippen molar-refractivity contribution >= 4 is 23.5 Å². The van der Waals surface area contributed by atoms with Gasteiger partial charge in [0.05, 0.1) is 0 Å². The van der Waals surface area contributed by atoms with E-state index in [2.05, 4.69) is 34.6 Å². The number of hydrogen-bond donors (Lipinski definition) is 1. The van der Waals surface area contributed by atoms with Crippen LogP contribution in [-0.4, -0.2) is 16.1 Å². The summed E-state index contributed by atoms with van der Waals surface area (Å²) in [6.07, 6.45) is 6.48. The van der Waals surface area contributed by atoms with Gasteiger partial charge in [-0.25, -0.2) is 4.98 Å². The number of thioether (sulfide) groups is 1. The molecule has 1 amide bonds. The standard InChI is InChI=1S/C24H24N2OS/c27-23(26-22-17-9-10-18-25-22)24(19-11-3-1-4-12-19,20-13-5-2-6-14-20)28-21-15-7-8-16-21/h1-6,9-14,17-18,21H,7-8,15-16H2,(H,25,26,27). The van der Waals surface area contributed by atoms with Crippen molar-refractivity contribution in [3.63, 3.8) is 0 Å². The minimum Gasteiger partial charge on any atom is -0.309 e. The molecule has 2 aromatic carbocycles. The zero-order valence-corrected chi connectivity index (χ0v) is 16.6. The first-order valence-electron chi connectivity index (χ1n) is 9.80. The monoisotopic (exact) mass is 388 g/mol. The van der Waals surface area contributed by atoms with E-state index < -0.39 is 4.75 Å². The van der Waals surface area contributed by atoms with Gasteiger partial charge in [0.15, 0.2) is 0 Å². The summed E-state index contributed by atoms with van der Waals surface area (Å²) in [6, 6.07) is 25.9. The highest BCUT2D eigenvalue weighted by atomic mass is 32.2. The van der Waals surface area contributed by atoms with Crippen LogP contribution in [0.3, 0.4) is 0 Å². The largest absolute Gasteiger partial charge is 0.309 e. The lowest BCUT2D eigenvalue weighted by Gasteiger charge is -2.35. The maximum atomic E-state index is 13.9. The fourth-order valence-electron chi connectivity index (χ4n) is 3.86. The lowest BCUT2D eigenvalue weighted by Crippen LogP contribution is -2.40. The number of anilines is 1. The highest BCUT2D eigenvalue weighted by Gasteiger charge is 2.45. The Labute approximate surface area is 170 Å². The Hall–Kier alpha value is -2.59. The SMILES string of the molecule is O=C(Nc1ccccn1)C(SC1CCCC1)(c1ccccc1)c1ccccc1. The average molecular weight is 389 g/mol. The second kappa shape index (κ2) is 8.61. The van der Waals surface area contributed by atoms with E-state index in [9.17, 15) is 4.79 Å². The molecule has 4 rings (SSSR count). The summed E-state index contributed by atoms with van der Waals surface area (Å²) in [5.41, 5.74) is 2.01. The minimum absolute atomic E-state index is 0.0412. The predicted octanol–water partition coefficient (Wildman–Crippen LogP) is 5.64. The maximum absolute atomic E-state index is 13.9. The number of carbonyl (C=O) groups excluding carboxylic acids is 1. The molecule has 1 saturated carbocycles. The molecule has 1 fully saturated rings. The van der Waals surface area contributed by atoms with Crippen LogP contribution in [0.5, 0.6) is 0 Å². The zero-order valence-electron chi connectivity index (χ0n) is 15.8. The molecule has 0 radical (unpaired) electrons. The minimum atomic E-state index is -0.810. The highest BCUT2D eigenvalue weighted by Crippen LogP contribution is 2.49. The Kier molecular flexibility index (Phi) is 5.77. The summed E-state index contributed by atoms with van der Waals surface area (Å²) < 4.78 is -0.810. The topological polar surface area (TPSA) is 42.0 Å². The number of carbonyl (C=O) groups is 1. The van der Waals surface area contributed by atoms with Gasteiger partial charge in [0.25, 0.3) is 5.91 Å². The lowest BCUT2D eigenvalue weighted by atomic mass is 9.89. The number of nitrogens with one attached hydrogen (secondary N) is 1. The van der Waals surface area contributed by atoms with Crippen molar-refractivity contribution in [2.24, 2.45) is 0 Å². The Morgan fingerprint density at radius 2 is 1.43 bits per heavy atom. The number of rotatable bonds is 6. The van der Waals surface area contributed by atoms with Crippen LogP contribution in [0.4, 0.5) is 5.82 Å².